The summed E-state index contributed by atoms with van der Waals surface area (Å²) in [6, 6.07) is 6.73. The fraction of sp³-hybridized carbons (Fsp3) is 0.400. The van der Waals surface area contributed by atoms with E-state index in [4.69, 9.17) is 4.98 Å². The van der Waals surface area contributed by atoms with E-state index < -0.39 is 0 Å². The van der Waals surface area contributed by atoms with Crippen molar-refractivity contribution < 1.29 is 4.92 Å². The molecule has 0 aliphatic carbocycles. The van der Waals surface area contributed by atoms with E-state index in [0.717, 1.165) is 47.1 Å². The lowest BCUT2D eigenvalue weighted by Crippen LogP contribution is -2.26. The summed E-state index contributed by atoms with van der Waals surface area (Å²) in [5.74, 6) is 0.516. The minimum Gasteiger partial charge on any atom is -0.317 e. The van der Waals surface area contributed by atoms with Crippen LogP contribution in [0, 0.1) is 17.0 Å². The average Bonchev–Trinajstić information content (AvgIpc) is 2.90. The third-order valence-electron chi connectivity index (χ3n) is 3.83. The monoisotopic (exact) mass is 303 g/mol. The molecule has 1 N–H and O–H groups in total. The van der Waals surface area contributed by atoms with E-state index in [9.17, 15) is 10.1 Å². The number of aromatic nitrogens is 1. The number of nitro groups is 1. The summed E-state index contributed by atoms with van der Waals surface area (Å²) in [4.78, 5) is 16.4. The van der Waals surface area contributed by atoms with Gasteiger partial charge in [0.05, 0.1) is 15.6 Å². The summed E-state index contributed by atoms with van der Waals surface area (Å²) in [6.45, 7) is 4.11. The molecule has 5 nitrogen and oxygen atoms in total. The van der Waals surface area contributed by atoms with E-state index in [1.807, 2.05) is 13.0 Å². The molecule has 2 heterocycles. The second-order valence-corrected chi connectivity index (χ2v) is 6.52. The molecule has 1 saturated heterocycles. The first-order valence-electron chi connectivity index (χ1n) is 7.08. The average molecular weight is 303 g/mol. The van der Waals surface area contributed by atoms with Gasteiger partial charge < -0.3 is 5.32 Å². The highest BCUT2D eigenvalue weighted by Crippen LogP contribution is 2.35. The Morgan fingerprint density at radius 3 is 2.86 bits per heavy atom. The van der Waals surface area contributed by atoms with Crippen LogP contribution in [0.15, 0.2) is 24.3 Å². The van der Waals surface area contributed by atoms with Crippen LogP contribution in [0.1, 0.15) is 28.6 Å². The van der Waals surface area contributed by atoms with Crippen LogP contribution < -0.4 is 5.32 Å². The van der Waals surface area contributed by atoms with Crippen LogP contribution in [-0.2, 0) is 0 Å². The number of nitrogens with one attached hydrogen (secondary N) is 1. The van der Waals surface area contributed by atoms with Crippen LogP contribution in [0.4, 0.5) is 5.69 Å². The second-order valence-electron chi connectivity index (χ2n) is 5.29. The first-order chi connectivity index (χ1) is 10.1. The molecule has 0 atom stereocenters. The molecule has 1 aliphatic rings. The quantitative estimate of drug-likeness (QED) is 0.696. The van der Waals surface area contributed by atoms with Crippen LogP contribution in [0.5, 0.6) is 0 Å². The number of benzene rings is 1. The van der Waals surface area contributed by atoms with E-state index in [0.29, 0.717) is 5.92 Å². The molecule has 0 amide bonds. The largest absolute Gasteiger partial charge is 0.317 e. The van der Waals surface area contributed by atoms with E-state index >= 15 is 0 Å². The van der Waals surface area contributed by atoms with Crippen molar-refractivity contribution in [3.8, 4) is 11.3 Å². The molecule has 3 rings (SSSR count). The van der Waals surface area contributed by atoms with Crippen molar-refractivity contribution in [2.75, 3.05) is 13.1 Å². The SMILES string of the molecule is Cc1sc(C2CCNCC2)nc1-c1cccc([N+](=O)[O-])c1. The molecule has 1 fully saturated rings. The first-order valence-corrected chi connectivity index (χ1v) is 7.89. The molecule has 1 aromatic carbocycles. The van der Waals surface area contributed by atoms with Crippen LogP contribution in [0.25, 0.3) is 11.3 Å². The van der Waals surface area contributed by atoms with Crippen molar-refractivity contribution in [1.29, 1.82) is 0 Å². The maximum atomic E-state index is 10.9. The van der Waals surface area contributed by atoms with Crippen LogP contribution >= 0.6 is 11.3 Å². The smallest absolute Gasteiger partial charge is 0.270 e. The topological polar surface area (TPSA) is 68.1 Å². The number of non-ortho nitro benzene ring substituents is 1. The van der Waals surface area contributed by atoms with Gasteiger partial charge in [0.25, 0.3) is 5.69 Å². The zero-order chi connectivity index (χ0) is 14.8. The summed E-state index contributed by atoms with van der Waals surface area (Å²) >= 11 is 1.72. The lowest BCUT2D eigenvalue weighted by atomic mass is 9.99. The summed E-state index contributed by atoms with van der Waals surface area (Å²) in [7, 11) is 0. The number of hydrogen-bond donors (Lipinski definition) is 1. The molecule has 0 radical (unpaired) electrons. The molecule has 21 heavy (non-hydrogen) atoms. The van der Waals surface area contributed by atoms with Crippen molar-refractivity contribution >= 4 is 17.0 Å². The number of thiazole rings is 1. The molecule has 110 valence electrons. The number of rotatable bonds is 3. The van der Waals surface area contributed by atoms with E-state index in [1.54, 1.807) is 23.5 Å². The third kappa shape index (κ3) is 2.96. The molecule has 0 unspecified atom stereocenters. The fourth-order valence-corrected chi connectivity index (χ4v) is 3.81. The fourth-order valence-electron chi connectivity index (χ4n) is 2.70. The highest BCUT2D eigenvalue weighted by molar-refractivity contribution is 7.12. The van der Waals surface area contributed by atoms with Gasteiger partial charge in [0, 0.05) is 28.5 Å². The van der Waals surface area contributed by atoms with Crippen LogP contribution in [0.2, 0.25) is 0 Å². The van der Waals surface area contributed by atoms with E-state index in [-0.39, 0.29) is 10.6 Å². The van der Waals surface area contributed by atoms with Gasteiger partial charge in [-0.25, -0.2) is 4.98 Å². The predicted octanol–water partition coefficient (Wildman–Crippen LogP) is 3.49. The highest BCUT2D eigenvalue weighted by atomic mass is 32.1. The molecule has 1 aromatic heterocycles. The van der Waals surface area contributed by atoms with Gasteiger partial charge in [-0.15, -0.1) is 11.3 Å². The Kier molecular flexibility index (Phi) is 3.98. The van der Waals surface area contributed by atoms with Gasteiger partial charge in [0.2, 0.25) is 0 Å². The number of hydrogen-bond acceptors (Lipinski definition) is 5. The Bertz CT molecular complexity index is 663. The molecule has 0 bridgehead atoms. The number of piperidine rings is 1. The number of aryl methyl sites for hydroxylation is 1. The standard InChI is InChI=1S/C15H17N3O2S/c1-10-14(12-3-2-4-13(9-12)18(19)20)17-15(21-10)11-5-7-16-8-6-11/h2-4,9,11,16H,5-8H2,1H3. The summed E-state index contributed by atoms with van der Waals surface area (Å²) in [5, 5.41) is 15.4. The Morgan fingerprint density at radius 1 is 1.38 bits per heavy atom. The third-order valence-corrected chi connectivity index (χ3v) is 4.97. The van der Waals surface area contributed by atoms with Gasteiger partial charge in [-0.3, -0.25) is 10.1 Å². The molecule has 0 saturated carbocycles. The van der Waals surface area contributed by atoms with E-state index in [1.165, 1.54) is 6.07 Å². The Labute approximate surface area is 127 Å². The molecular weight excluding hydrogens is 286 g/mol. The van der Waals surface area contributed by atoms with Gasteiger partial charge in [0.1, 0.15) is 0 Å². The number of nitro benzene ring substituents is 1. The normalized spacial score (nSPS) is 16.0. The zero-order valence-electron chi connectivity index (χ0n) is 11.8. The highest BCUT2D eigenvalue weighted by Gasteiger charge is 2.21. The van der Waals surface area contributed by atoms with Crippen LogP contribution in [-0.4, -0.2) is 23.0 Å². The van der Waals surface area contributed by atoms with E-state index in [2.05, 4.69) is 5.32 Å². The minimum atomic E-state index is -0.362. The van der Waals surface area contributed by atoms with Crippen molar-refractivity contribution in [1.82, 2.24) is 10.3 Å². The van der Waals surface area contributed by atoms with Crippen molar-refractivity contribution in [3.05, 3.63) is 44.3 Å². The van der Waals surface area contributed by atoms with Crippen molar-refractivity contribution in [2.45, 2.75) is 25.7 Å². The van der Waals surface area contributed by atoms with Gasteiger partial charge in [-0.2, -0.15) is 0 Å². The van der Waals surface area contributed by atoms with Gasteiger partial charge in [0.15, 0.2) is 0 Å². The predicted molar refractivity (Wildman–Crippen MR) is 83.8 cm³/mol. The van der Waals surface area contributed by atoms with Gasteiger partial charge in [-0.05, 0) is 32.9 Å². The lowest BCUT2D eigenvalue weighted by molar-refractivity contribution is -0.384. The minimum absolute atomic E-state index is 0.114. The Balaban J connectivity index is 1.93. The van der Waals surface area contributed by atoms with Gasteiger partial charge >= 0.3 is 0 Å². The van der Waals surface area contributed by atoms with Crippen molar-refractivity contribution in [3.63, 3.8) is 0 Å². The number of nitrogens with zero attached hydrogens (tertiary/aromatic N) is 2. The summed E-state index contributed by atoms with van der Waals surface area (Å²) < 4.78 is 0. The summed E-state index contributed by atoms with van der Waals surface area (Å²) in [6.07, 6.45) is 2.22. The van der Waals surface area contributed by atoms with Crippen LogP contribution in [0.3, 0.4) is 0 Å². The maximum absolute atomic E-state index is 10.9. The Hall–Kier alpha value is -1.79. The molecule has 0 spiro atoms. The summed E-state index contributed by atoms with van der Waals surface area (Å²) in [5.41, 5.74) is 1.83. The Morgan fingerprint density at radius 2 is 2.14 bits per heavy atom. The lowest BCUT2D eigenvalue weighted by Gasteiger charge is -2.20. The zero-order valence-corrected chi connectivity index (χ0v) is 12.7. The molecule has 2 aromatic rings. The molecule has 6 heteroatoms. The maximum Gasteiger partial charge on any atom is 0.270 e. The molecular formula is C15H17N3O2S. The van der Waals surface area contributed by atoms with Gasteiger partial charge in [-0.1, -0.05) is 12.1 Å². The van der Waals surface area contributed by atoms with Crippen molar-refractivity contribution in [2.24, 2.45) is 0 Å². The molecule has 1 aliphatic heterocycles. The second kappa shape index (κ2) is 5.91. The first kappa shape index (κ1) is 14.2.